The number of aromatic nitrogens is 2. The maximum Gasteiger partial charge on any atom is 0.260 e. The summed E-state index contributed by atoms with van der Waals surface area (Å²) >= 11 is 0. The van der Waals surface area contributed by atoms with Gasteiger partial charge in [-0.2, -0.15) is 0 Å². The van der Waals surface area contributed by atoms with Crippen LogP contribution in [0.3, 0.4) is 0 Å². The fraction of sp³-hybridized carbons (Fsp3) is 0.0870. The number of nitrogens with one attached hydrogen (secondary N) is 2. The van der Waals surface area contributed by atoms with E-state index in [2.05, 4.69) is 15.6 Å². The molecular weight excluding hydrogens is 396 g/mol. The van der Waals surface area contributed by atoms with Crippen LogP contribution in [0.5, 0.6) is 11.5 Å². The summed E-state index contributed by atoms with van der Waals surface area (Å²) in [6.07, 6.45) is 10.7. The standard InChI is InChI=1S/C23H20N4O4/c28-20-6-4-16(11-21(20)29)12-25-13-19-18-10-15(2-1-8-27-9-7-24-14-27)3-5-17(18)22(30)26-23(19)31/h1-7,9-11,13-14,25,28-29H,8,12H2,(H,26,30,31). The summed E-state index contributed by atoms with van der Waals surface area (Å²) < 4.78 is 1.92. The van der Waals surface area contributed by atoms with Gasteiger partial charge in [-0.15, -0.1) is 0 Å². The Morgan fingerprint density at radius 3 is 2.68 bits per heavy atom. The van der Waals surface area contributed by atoms with Crippen molar-refractivity contribution < 1.29 is 19.8 Å². The van der Waals surface area contributed by atoms with Crippen molar-refractivity contribution in [3.8, 4) is 11.5 Å². The molecule has 0 fully saturated rings. The number of allylic oxidation sites excluding steroid dienone is 1. The van der Waals surface area contributed by atoms with Crippen molar-refractivity contribution in [3.63, 3.8) is 0 Å². The average molecular weight is 416 g/mol. The number of rotatable bonds is 6. The molecule has 0 saturated heterocycles. The van der Waals surface area contributed by atoms with Crippen LogP contribution >= 0.6 is 0 Å². The van der Waals surface area contributed by atoms with Crippen molar-refractivity contribution in [2.75, 3.05) is 0 Å². The van der Waals surface area contributed by atoms with Gasteiger partial charge in [0.25, 0.3) is 11.8 Å². The molecule has 31 heavy (non-hydrogen) atoms. The Hall–Kier alpha value is -4.33. The SMILES string of the molecule is O=C1NC(=O)c2ccc(C=CCn3ccnc3)cc2C1=CNCc1ccc(O)c(O)c1. The molecule has 1 aliphatic heterocycles. The van der Waals surface area contributed by atoms with Crippen LogP contribution in [0.2, 0.25) is 0 Å². The van der Waals surface area contributed by atoms with Crippen molar-refractivity contribution in [2.45, 2.75) is 13.1 Å². The number of imidazole rings is 1. The quantitative estimate of drug-likeness (QED) is 0.279. The molecule has 1 aromatic heterocycles. The number of hydrogen-bond acceptors (Lipinski definition) is 6. The lowest BCUT2D eigenvalue weighted by Crippen LogP contribution is -2.37. The molecule has 156 valence electrons. The third-order valence-corrected chi connectivity index (χ3v) is 4.83. The largest absolute Gasteiger partial charge is 0.504 e. The van der Waals surface area contributed by atoms with E-state index >= 15 is 0 Å². The Morgan fingerprint density at radius 1 is 1.03 bits per heavy atom. The molecule has 8 nitrogen and oxygen atoms in total. The first-order valence-electron chi connectivity index (χ1n) is 9.58. The Kier molecular flexibility index (Phi) is 5.53. The van der Waals surface area contributed by atoms with Crippen LogP contribution in [-0.4, -0.2) is 31.6 Å². The number of benzene rings is 2. The van der Waals surface area contributed by atoms with Crippen LogP contribution in [0.4, 0.5) is 0 Å². The van der Waals surface area contributed by atoms with E-state index in [0.29, 0.717) is 29.8 Å². The number of phenols is 2. The minimum atomic E-state index is -0.488. The number of nitrogens with zero attached hydrogens (tertiary/aromatic N) is 2. The van der Waals surface area contributed by atoms with E-state index in [-0.39, 0.29) is 11.5 Å². The normalized spacial score (nSPS) is 14.6. The minimum Gasteiger partial charge on any atom is -0.504 e. The van der Waals surface area contributed by atoms with Crippen LogP contribution in [0.1, 0.15) is 27.0 Å². The molecule has 4 N–H and O–H groups in total. The third-order valence-electron chi connectivity index (χ3n) is 4.83. The van der Waals surface area contributed by atoms with Crippen LogP contribution in [0.25, 0.3) is 11.6 Å². The smallest absolute Gasteiger partial charge is 0.260 e. The zero-order valence-electron chi connectivity index (χ0n) is 16.4. The fourth-order valence-corrected chi connectivity index (χ4v) is 3.24. The minimum absolute atomic E-state index is 0.199. The predicted molar refractivity (Wildman–Crippen MR) is 115 cm³/mol. The lowest BCUT2D eigenvalue weighted by atomic mass is 9.93. The number of carbonyl (C=O) groups excluding carboxylic acids is 2. The van der Waals surface area contributed by atoms with Crippen molar-refractivity contribution in [1.82, 2.24) is 20.2 Å². The van der Waals surface area contributed by atoms with Gasteiger partial charge in [0, 0.05) is 42.8 Å². The number of amides is 2. The summed E-state index contributed by atoms with van der Waals surface area (Å²) in [5.74, 6) is -1.34. The number of aromatic hydroxyl groups is 2. The van der Waals surface area contributed by atoms with E-state index in [9.17, 15) is 19.8 Å². The van der Waals surface area contributed by atoms with Crippen molar-refractivity contribution in [1.29, 1.82) is 0 Å². The highest BCUT2D eigenvalue weighted by Gasteiger charge is 2.27. The van der Waals surface area contributed by atoms with E-state index in [4.69, 9.17) is 0 Å². The zero-order valence-corrected chi connectivity index (χ0v) is 16.4. The van der Waals surface area contributed by atoms with Crippen molar-refractivity contribution >= 4 is 23.5 Å². The second kappa shape index (κ2) is 8.58. The highest BCUT2D eigenvalue weighted by Crippen LogP contribution is 2.26. The monoisotopic (exact) mass is 416 g/mol. The van der Waals surface area contributed by atoms with Crippen molar-refractivity contribution in [2.24, 2.45) is 0 Å². The van der Waals surface area contributed by atoms with Crippen LogP contribution in [0.15, 0.2) is 67.4 Å². The highest BCUT2D eigenvalue weighted by molar-refractivity contribution is 6.31. The van der Waals surface area contributed by atoms with Gasteiger partial charge in [-0.3, -0.25) is 14.9 Å². The maximum atomic E-state index is 12.4. The van der Waals surface area contributed by atoms with Gasteiger partial charge in [0.15, 0.2) is 11.5 Å². The molecular formula is C23H20N4O4. The molecule has 0 spiro atoms. The van der Waals surface area contributed by atoms with Crippen LogP contribution in [-0.2, 0) is 17.9 Å². The molecule has 2 heterocycles. The summed E-state index contributed by atoms with van der Waals surface area (Å²) in [6, 6.07) is 9.80. The molecule has 0 saturated carbocycles. The first kappa shape index (κ1) is 20.0. The van der Waals surface area contributed by atoms with Gasteiger partial charge in [0.2, 0.25) is 0 Å². The first-order chi connectivity index (χ1) is 15.0. The van der Waals surface area contributed by atoms with Crippen LogP contribution < -0.4 is 10.6 Å². The molecule has 4 rings (SSSR count). The van der Waals surface area contributed by atoms with Gasteiger partial charge in [-0.05, 0) is 35.4 Å². The summed E-state index contributed by atoms with van der Waals surface area (Å²) in [5, 5.41) is 24.4. The Bertz CT molecular complexity index is 1200. The molecule has 2 amide bonds. The van der Waals surface area contributed by atoms with Gasteiger partial charge in [-0.1, -0.05) is 24.3 Å². The fourth-order valence-electron chi connectivity index (χ4n) is 3.24. The third kappa shape index (κ3) is 4.48. The van der Waals surface area contributed by atoms with E-state index in [0.717, 1.165) is 11.1 Å². The van der Waals surface area contributed by atoms with Crippen LogP contribution in [0, 0.1) is 0 Å². The molecule has 2 aromatic carbocycles. The molecule has 0 aliphatic carbocycles. The Labute approximate surface area is 178 Å². The van der Waals surface area contributed by atoms with Gasteiger partial charge in [-0.25, -0.2) is 4.98 Å². The van der Waals surface area contributed by atoms with E-state index in [1.807, 2.05) is 29.0 Å². The average Bonchev–Trinajstić information content (AvgIpc) is 3.26. The second-order valence-corrected chi connectivity index (χ2v) is 7.01. The topological polar surface area (TPSA) is 116 Å². The van der Waals surface area contributed by atoms with Gasteiger partial charge in [0.05, 0.1) is 11.9 Å². The first-order valence-corrected chi connectivity index (χ1v) is 9.58. The second-order valence-electron chi connectivity index (χ2n) is 7.01. The van der Waals surface area contributed by atoms with Gasteiger partial charge < -0.3 is 20.1 Å². The molecule has 3 aromatic rings. The molecule has 0 radical (unpaired) electrons. The number of phenolic OH excluding ortho intramolecular Hbond substituents is 2. The molecule has 1 aliphatic rings. The molecule has 0 bridgehead atoms. The summed E-state index contributed by atoms with van der Waals surface area (Å²) in [5.41, 5.74) is 2.87. The molecule has 0 unspecified atom stereocenters. The van der Waals surface area contributed by atoms with E-state index in [1.54, 1.807) is 36.9 Å². The lowest BCUT2D eigenvalue weighted by molar-refractivity contribution is -0.114. The maximum absolute atomic E-state index is 12.4. The Morgan fingerprint density at radius 2 is 1.90 bits per heavy atom. The lowest BCUT2D eigenvalue weighted by Gasteiger charge is -2.19. The van der Waals surface area contributed by atoms with Gasteiger partial charge >= 0.3 is 0 Å². The number of carbonyl (C=O) groups is 2. The number of hydrogen-bond donors (Lipinski definition) is 4. The number of imide groups is 1. The zero-order chi connectivity index (χ0) is 21.8. The highest BCUT2D eigenvalue weighted by atomic mass is 16.3. The van der Waals surface area contributed by atoms with E-state index in [1.165, 1.54) is 12.1 Å². The van der Waals surface area contributed by atoms with Crippen molar-refractivity contribution in [3.05, 3.63) is 89.6 Å². The summed E-state index contributed by atoms with van der Waals surface area (Å²) in [4.78, 5) is 28.7. The molecule has 0 atom stereocenters. The summed E-state index contributed by atoms with van der Waals surface area (Å²) in [6.45, 7) is 0.971. The summed E-state index contributed by atoms with van der Waals surface area (Å²) in [7, 11) is 0. The molecule has 8 heteroatoms. The van der Waals surface area contributed by atoms with E-state index < -0.39 is 11.8 Å². The predicted octanol–water partition coefficient (Wildman–Crippen LogP) is 2.41. The van der Waals surface area contributed by atoms with Gasteiger partial charge in [0.1, 0.15) is 0 Å². The number of fused-ring (bicyclic) bond motifs is 1. The Balaban J connectivity index is 1.55.